The van der Waals surface area contributed by atoms with E-state index in [1.807, 2.05) is 34.6 Å². The van der Waals surface area contributed by atoms with Crippen molar-refractivity contribution in [3.63, 3.8) is 0 Å². The van der Waals surface area contributed by atoms with Gasteiger partial charge in [0.15, 0.2) is 0 Å². The van der Waals surface area contributed by atoms with Gasteiger partial charge in [0.05, 0.1) is 0 Å². The van der Waals surface area contributed by atoms with Gasteiger partial charge in [0.25, 0.3) is 0 Å². The summed E-state index contributed by atoms with van der Waals surface area (Å²) in [4.78, 5) is 15.3. The Morgan fingerprint density at radius 3 is 2.38 bits per heavy atom. The summed E-state index contributed by atoms with van der Waals surface area (Å²) in [7, 11) is 0. The standard InChI is InChI=1S/C13H21NO2/c1-7-13(5,6)8-9-14-10-11(15)16-12(2,3)4/h1,9H,8,10H2,2-6H3. The van der Waals surface area contributed by atoms with Gasteiger partial charge in [-0.1, -0.05) is 0 Å². The van der Waals surface area contributed by atoms with Crippen LogP contribution in [-0.4, -0.2) is 24.3 Å². The Kier molecular flexibility index (Phi) is 5.23. The summed E-state index contributed by atoms with van der Waals surface area (Å²) >= 11 is 0. The lowest BCUT2D eigenvalue weighted by atomic mass is 9.91. The average Bonchev–Trinajstić information content (AvgIpc) is 2.10. The van der Waals surface area contributed by atoms with Gasteiger partial charge in [-0.2, -0.15) is 0 Å². The third-order valence-electron chi connectivity index (χ3n) is 1.76. The first kappa shape index (κ1) is 14.7. The van der Waals surface area contributed by atoms with E-state index in [2.05, 4.69) is 10.9 Å². The van der Waals surface area contributed by atoms with Gasteiger partial charge in [-0.15, -0.1) is 12.3 Å². The van der Waals surface area contributed by atoms with Gasteiger partial charge in [0.1, 0.15) is 12.1 Å². The summed E-state index contributed by atoms with van der Waals surface area (Å²) in [6.07, 6.45) is 7.67. The Bertz CT molecular complexity index is 303. The van der Waals surface area contributed by atoms with Crippen LogP contribution in [0.4, 0.5) is 0 Å². The Morgan fingerprint density at radius 2 is 1.94 bits per heavy atom. The Hall–Kier alpha value is -1.30. The first-order valence-corrected chi connectivity index (χ1v) is 5.34. The van der Waals surface area contributed by atoms with Gasteiger partial charge < -0.3 is 4.74 Å². The number of nitrogens with zero attached hydrogens (tertiary/aromatic N) is 1. The number of aliphatic imine (C=N–C) groups is 1. The van der Waals surface area contributed by atoms with Crippen LogP contribution >= 0.6 is 0 Å². The van der Waals surface area contributed by atoms with Gasteiger partial charge in [-0.25, -0.2) is 0 Å². The molecule has 0 aliphatic heterocycles. The van der Waals surface area contributed by atoms with Crippen LogP contribution in [0.1, 0.15) is 41.0 Å². The molecule has 0 N–H and O–H groups in total. The Labute approximate surface area is 98.3 Å². The van der Waals surface area contributed by atoms with Crippen LogP contribution < -0.4 is 0 Å². The summed E-state index contributed by atoms with van der Waals surface area (Å²) in [6.45, 7) is 9.44. The molecule has 0 saturated heterocycles. The molecule has 0 fully saturated rings. The predicted octanol–water partition coefficient (Wildman–Crippen LogP) is 2.45. The van der Waals surface area contributed by atoms with E-state index in [4.69, 9.17) is 11.2 Å². The summed E-state index contributed by atoms with van der Waals surface area (Å²) in [6, 6.07) is 0. The zero-order valence-electron chi connectivity index (χ0n) is 10.8. The fourth-order valence-corrected chi connectivity index (χ4v) is 0.865. The molecular weight excluding hydrogens is 202 g/mol. The van der Waals surface area contributed by atoms with E-state index in [0.717, 1.165) is 0 Å². The molecule has 0 saturated carbocycles. The van der Waals surface area contributed by atoms with E-state index in [9.17, 15) is 4.79 Å². The highest BCUT2D eigenvalue weighted by Gasteiger charge is 2.15. The molecule has 3 nitrogen and oxygen atoms in total. The molecule has 0 aromatic carbocycles. The zero-order chi connectivity index (χ0) is 12.8. The molecule has 0 unspecified atom stereocenters. The number of ether oxygens (including phenoxy) is 1. The molecule has 0 atom stereocenters. The van der Waals surface area contributed by atoms with Crippen LogP contribution in [0.5, 0.6) is 0 Å². The number of rotatable bonds is 4. The summed E-state index contributed by atoms with van der Waals surface area (Å²) in [5.74, 6) is 2.34. The van der Waals surface area contributed by atoms with Gasteiger partial charge in [-0.05, 0) is 41.0 Å². The van der Waals surface area contributed by atoms with Crippen molar-refractivity contribution >= 4 is 12.2 Å². The number of terminal acetylenes is 1. The quantitative estimate of drug-likeness (QED) is 0.417. The fraction of sp³-hybridized carbons (Fsp3) is 0.692. The smallest absolute Gasteiger partial charge is 0.328 e. The molecule has 0 aromatic rings. The van der Waals surface area contributed by atoms with E-state index in [-0.39, 0.29) is 17.9 Å². The molecule has 16 heavy (non-hydrogen) atoms. The van der Waals surface area contributed by atoms with E-state index in [0.29, 0.717) is 6.42 Å². The molecule has 0 radical (unpaired) electrons. The average molecular weight is 223 g/mol. The van der Waals surface area contributed by atoms with Crippen molar-refractivity contribution in [2.45, 2.75) is 46.6 Å². The molecular formula is C13H21NO2. The second-order valence-corrected chi connectivity index (χ2v) is 5.34. The highest BCUT2D eigenvalue weighted by atomic mass is 16.6. The normalized spacial score (nSPS) is 12.5. The number of carbonyl (C=O) groups excluding carboxylic acids is 1. The van der Waals surface area contributed by atoms with Crippen molar-refractivity contribution in [1.29, 1.82) is 0 Å². The van der Waals surface area contributed by atoms with Crippen LogP contribution in [0, 0.1) is 17.8 Å². The predicted molar refractivity (Wildman–Crippen MR) is 66.4 cm³/mol. The number of carbonyl (C=O) groups is 1. The van der Waals surface area contributed by atoms with Gasteiger partial charge in [0.2, 0.25) is 0 Å². The molecule has 0 aromatic heterocycles. The van der Waals surface area contributed by atoms with E-state index >= 15 is 0 Å². The van der Waals surface area contributed by atoms with E-state index in [1.165, 1.54) is 0 Å². The minimum absolute atomic E-state index is 0.0535. The van der Waals surface area contributed by atoms with E-state index < -0.39 is 5.60 Å². The summed E-state index contributed by atoms with van der Waals surface area (Å²) < 4.78 is 5.10. The maximum Gasteiger partial charge on any atom is 0.328 e. The van der Waals surface area contributed by atoms with Crippen LogP contribution in [0.15, 0.2) is 4.99 Å². The maximum atomic E-state index is 11.3. The summed E-state index contributed by atoms with van der Waals surface area (Å²) in [5, 5.41) is 0. The lowest BCUT2D eigenvalue weighted by molar-refractivity contribution is -0.152. The van der Waals surface area contributed by atoms with Crippen molar-refractivity contribution in [2.75, 3.05) is 6.54 Å². The third-order valence-corrected chi connectivity index (χ3v) is 1.76. The van der Waals surface area contributed by atoms with Crippen molar-refractivity contribution in [3.05, 3.63) is 0 Å². The van der Waals surface area contributed by atoms with Crippen LogP contribution in [0.3, 0.4) is 0 Å². The molecule has 0 amide bonds. The van der Waals surface area contributed by atoms with Gasteiger partial charge in [0, 0.05) is 11.6 Å². The molecule has 90 valence electrons. The second-order valence-electron chi connectivity index (χ2n) is 5.34. The first-order chi connectivity index (χ1) is 7.16. The van der Waals surface area contributed by atoms with Crippen LogP contribution in [0.2, 0.25) is 0 Å². The first-order valence-electron chi connectivity index (χ1n) is 5.34. The molecule has 0 spiro atoms. The number of hydrogen-bond acceptors (Lipinski definition) is 3. The molecule has 0 aliphatic rings. The molecule has 0 rings (SSSR count). The van der Waals surface area contributed by atoms with Crippen molar-refractivity contribution in [1.82, 2.24) is 0 Å². The zero-order valence-corrected chi connectivity index (χ0v) is 10.8. The van der Waals surface area contributed by atoms with Crippen LogP contribution in [-0.2, 0) is 9.53 Å². The minimum atomic E-state index is -0.454. The van der Waals surface area contributed by atoms with Crippen molar-refractivity contribution in [2.24, 2.45) is 10.4 Å². The Balaban J connectivity index is 3.95. The lowest BCUT2D eigenvalue weighted by Gasteiger charge is -2.18. The minimum Gasteiger partial charge on any atom is -0.459 e. The molecule has 3 heteroatoms. The maximum absolute atomic E-state index is 11.3. The fourth-order valence-electron chi connectivity index (χ4n) is 0.865. The largest absolute Gasteiger partial charge is 0.459 e. The van der Waals surface area contributed by atoms with E-state index in [1.54, 1.807) is 6.21 Å². The molecule has 0 aliphatic carbocycles. The SMILES string of the molecule is C#CC(C)(C)CC=NCC(=O)OC(C)(C)C. The number of esters is 1. The summed E-state index contributed by atoms with van der Waals surface area (Å²) in [5.41, 5.74) is -0.665. The molecule has 0 heterocycles. The topological polar surface area (TPSA) is 38.7 Å². The highest BCUT2D eigenvalue weighted by Crippen LogP contribution is 2.16. The van der Waals surface area contributed by atoms with Crippen LogP contribution in [0.25, 0.3) is 0 Å². The number of hydrogen-bond donors (Lipinski definition) is 0. The van der Waals surface area contributed by atoms with Crippen molar-refractivity contribution < 1.29 is 9.53 Å². The van der Waals surface area contributed by atoms with Gasteiger partial charge >= 0.3 is 5.97 Å². The molecule has 0 bridgehead atoms. The Morgan fingerprint density at radius 1 is 1.38 bits per heavy atom. The third kappa shape index (κ3) is 8.05. The van der Waals surface area contributed by atoms with Gasteiger partial charge in [-0.3, -0.25) is 9.79 Å². The monoisotopic (exact) mass is 223 g/mol. The second kappa shape index (κ2) is 5.69. The van der Waals surface area contributed by atoms with Crippen molar-refractivity contribution in [3.8, 4) is 12.3 Å². The highest BCUT2D eigenvalue weighted by molar-refractivity contribution is 5.74. The lowest BCUT2D eigenvalue weighted by Crippen LogP contribution is -2.25.